The van der Waals surface area contributed by atoms with Gasteiger partial charge in [0.25, 0.3) is 0 Å². The van der Waals surface area contributed by atoms with Gasteiger partial charge in [0.05, 0.1) is 10.3 Å². The number of sulfonamides is 1. The van der Waals surface area contributed by atoms with Crippen molar-refractivity contribution in [1.82, 2.24) is 0 Å². The van der Waals surface area contributed by atoms with E-state index in [2.05, 4.69) is 0 Å². The molecule has 2 atom stereocenters. The molecule has 2 fully saturated rings. The zero-order valence-electron chi connectivity index (χ0n) is 12.7. The van der Waals surface area contributed by atoms with E-state index in [1.165, 1.54) is 12.1 Å². The van der Waals surface area contributed by atoms with Crippen molar-refractivity contribution in [3.8, 4) is 0 Å². The Morgan fingerprint density at radius 3 is 2.71 bits per heavy atom. The van der Waals surface area contributed by atoms with Crippen LogP contribution in [0, 0.1) is 21.4 Å². The fraction of sp³-hybridized carbons (Fsp3) is 0.500. The van der Waals surface area contributed by atoms with E-state index in [1.807, 2.05) is 0 Å². The molecule has 130 valence electrons. The second-order valence-electron chi connectivity index (χ2n) is 6.36. The molecule has 10 heteroatoms. The predicted molar refractivity (Wildman–Crippen MR) is 84.1 cm³/mol. The third-order valence-corrected chi connectivity index (χ3v) is 6.05. The SMILES string of the molecule is NS(=O)(=O)c1cccc(N2C[C@@H]3CCC[C@@]3(C(=O)O)C2)c1[N+](=O)[O-]. The summed E-state index contributed by atoms with van der Waals surface area (Å²) >= 11 is 0. The zero-order valence-corrected chi connectivity index (χ0v) is 13.5. The first kappa shape index (κ1) is 16.7. The molecule has 0 radical (unpaired) electrons. The molecule has 1 saturated carbocycles. The van der Waals surface area contributed by atoms with Gasteiger partial charge < -0.3 is 10.0 Å². The average Bonchev–Trinajstić information content (AvgIpc) is 3.03. The fourth-order valence-corrected chi connectivity index (χ4v) is 4.72. The van der Waals surface area contributed by atoms with Gasteiger partial charge >= 0.3 is 11.7 Å². The van der Waals surface area contributed by atoms with Crippen LogP contribution in [0.5, 0.6) is 0 Å². The van der Waals surface area contributed by atoms with Gasteiger partial charge in [0.2, 0.25) is 10.0 Å². The van der Waals surface area contributed by atoms with Gasteiger partial charge in [-0.2, -0.15) is 0 Å². The van der Waals surface area contributed by atoms with Crippen molar-refractivity contribution in [2.45, 2.75) is 24.2 Å². The quantitative estimate of drug-likeness (QED) is 0.604. The number of nitrogens with zero attached hydrogens (tertiary/aromatic N) is 2. The number of hydrogen-bond donors (Lipinski definition) is 2. The number of fused-ring (bicyclic) bond motifs is 1. The number of nitro groups is 1. The molecule has 3 rings (SSSR count). The van der Waals surface area contributed by atoms with Crippen molar-refractivity contribution in [3.63, 3.8) is 0 Å². The van der Waals surface area contributed by atoms with Crippen LogP contribution in [0.15, 0.2) is 23.1 Å². The number of rotatable bonds is 4. The summed E-state index contributed by atoms with van der Waals surface area (Å²) in [4.78, 5) is 23.5. The standard InChI is InChI=1S/C14H17N3O6S/c15-24(22,23)11-5-1-4-10(12(11)17(20)21)16-7-9-3-2-6-14(9,8-16)13(18)19/h1,4-5,9H,2-3,6-8H2,(H,18,19)(H2,15,22,23)/t9-,14+/m0/s1. The maximum Gasteiger partial charge on any atom is 0.312 e. The summed E-state index contributed by atoms with van der Waals surface area (Å²) in [5, 5.41) is 26.2. The Bertz CT molecular complexity index is 824. The summed E-state index contributed by atoms with van der Waals surface area (Å²) in [5.74, 6) is -1.01. The van der Waals surface area contributed by atoms with Crippen LogP contribution in [0.3, 0.4) is 0 Å². The van der Waals surface area contributed by atoms with E-state index in [4.69, 9.17) is 5.14 Å². The number of carboxylic acid groups (broad SMARTS) is 1. The monoisotopic (exact) mass is 355 g/mol. The molecule has 1 heterocycles. The minimum absolute atomic E-state index is 0.0987. The number of primary sulfonamides is 1. The largest absolute Gasteiger partial charge is 0.481 e. The van der Waals surface area contributed by atoms with Gasteiger partial charge in [-0.25, -0.2) is 13.6 Å². The van der Waals surface area contributed by atoms with Crippen LogP contribution >= 0.6 is 0 Å². The molecule has 1 aromatic rings. The van der Waals surface area contributed by atoms with Crippen molar-refractivity contribution >= 4 is 27.4 Å². The lowest BCUT2D eigenvalue weighted by Gasteiger charge is -2.24. The highest BCUT2D eigenvalue weighted by Crippen LogP contribution is 2.51. The van der Waals surface area contributed by atoms with E-state index < -0.39 is 36.9 Å². The third kappa shape index (κ3) is 2.42. The van der Waals surface area contributed by atoms with Crippen molar-refractivity contribution in [2.75, 3.05) is 18.0 Å². The van der Waals surface area contributed by atoms with E-state index >= 15 is 0 Å². The number of nitrogens with two attached hydrogens (primary N) is 1. The highest BCUT2D eigenvalue weighted by Gasteiger charge is 2.55. The first-order chi connectivity index (χ1) is 11.2. The van der Waals surface area contributed by atoms with Crippen molar-refractivity contribution < 1.29 is 23.2 Å². The Morgan fingerprint density at radius 1 is 1.46 bits per heavy atom. The van der Waals surface area contributed by atoms with Crippen LogP contribution in [0.1, 0.15) is 19.3 Å². The number of carbonyl (C=O) groups is 1. The number of carboxylic acids is 1. The smallest absolute Gasteiger partial charge is 0.312 e. The molecule has 24 heavy (non-hydrogen) atoms. The Hall–Kier alpha value is -2.20. The summed E-state index contributed by atoms with van der Waals surface area (Å²) in [6, 6.07) is 3.90. The second-order valence-corrected chi connectivity index (χ2v) is 7.89. The summed E-state index contributed by atoms with van der Waals surface area (Å²) in [5.41, 5.74) is -1.42. The van der Waals surface area contributed by atoms with Gasteiger partial charge in [0.1, 0.15) is 5.69 Å². The molecule has 2 aliphatic rings. The van der Waals surface area contributed by atoms with Crippen molar-refractivity contribution in [1.29, 1.82) is 0 Å². The van der Waals surface area contributed by atoms with E-state index in [-0.39, 0.29) is 18.2 Å². The van der Waals surface area contributed by atoms with E-state index in [0.717, 1.165) is 18.9 Å². The normalized spacial score (nSPS) is 26.4. The van der Waals surface area contributed by atoms with E-state index in [0.29, 0.717) is 13.0 Å². The number of hydrogen-bond acceptors (Lipinski definition) is 6. The fourth-order valence-electron chi connectivity index (χ4n) is 4.00. The van der Waals surface area contributed by atoms with Gasteiger partial charge in [0.15, 0.2) is 4.90 Å². The molecule has 0 aromatic heterocycles. The molecule has 0 bridgehead atoms. The number of benzene rings is 1. The zero-order chi connectivity index (χ0) is 17.7. The van der Waals surface area contributed by atoms with Crippen LogP contribution < -0.4 is 10.0 Å². The molecule has 1 aliphatic carbocycles. The van der Waals surface area contributed by atoms with Gasteiger partial charge in [-0.05, 0) is 30.9 Å². The lowest BCUT2D eigenvalue weighted by atomic mass is 9.81. The molecule has 0 spiro atoms. The second kappa shape index (κ2) is 5.42. The highest BCUT2D eigenvalue weighted by atomic mass is 32.2. The first-order valence-corrected chi connectivity index (χ1v) is 9.00. The van der Waals surface area contributed by atoms with Crippen molar-refractivity contribution in [2.24, 2.45) is 16.5 Å². The molecule has 1 aliphatic heterocycles. The van der Waals surface area contributed by atoms with Crippen LogP contribution in [-0.2, 0) is 14.8 Å². The summed E-state index contributed by atoms with van der Waals surface area (Å²) < 4.78 is 23.3. The minimum Gasteiger partial charge on any atom is -0.481 e. The molecule has 1 aromatic carbocycles. The lowest BCUT2D eigenvalue weighted by molar-refractivity contribution is -0.387. The average molecular weight is 355 g/mol. The van der Waals surface area contributed by atoms with Crippen LogP contribution in [0.25, 0.3) is 0 Å². The van der Waals surface area contributed by atoms with Crippen LogP contribution in [-0.4, -0.2) is 37.5 Å². The van der Waals surface area contributed by atoms with Gasteiger partial charge in [-0.15, -0.1) is 0 Å². The number of anilines is 1. The van der Waals surface area contributed by atoms with E-state index in [9.17, 15) is 28.4 Å². The Labute approximate surface area is 138 Å². The predicted octanol–water partition coefficient (Wildman–Crippen LogP) is 0.933. The third-order valence-electron chi connectivity index (χ3n) is 5.10. The maximum atomic E-state index is 11.8. The molecule has 9 nitrogen and oxygen atoms in total. The Morgan fingerprint density at radius 2 is 2.17 bits per heavy atom. The molecular formula is C14H17N3O6S. The van der Waals surface area contributed by atoms with Crippen LogP contribution in [0.2, 0.25) is 0 Å². The Balaban J connectivity index is 2.09. The number of para-hydroxylation sites is 1. The molecule has 1 saturated heterocycles. The number of nitro benzene ring substituents is 1. The Kier molecular flexibility index (Phi) is 3.76. The highest BCUT2D eigenvalue weighted by molar-refractivity contribution is 7.89. The lowest BCUT2D eigenvalue weighted by Crippen LogP contribution is -2.35. The molecule has 0 amide bonds. The summed E-state index contributed by atoms with van der Waals surface area (Å²) in [6.45, 7) is 0.475. The van der Waals surface area contributed by atoms with Gasteiger partial charge in [0, 0.05) is 13.1 Å². The summed E-state index contributed by atoms with van der Waals surface area (Å²) in [6.07, 6.45) is 2.07. The maximum absolute atomic E-state index is 11.8. The van der Waals surface area contributed by atoms with Crippen LogP contribution in [0.4, 0.5) is 11.4 Å². The van der Waals surface area contributed by atoms with Crippen molar-refractivity contribution in [3.05, 3.63) is 28.3 Å². The molecule has 3 N–H and O–H groups in total. The van der Waals surface area contributed by atoms with Gasteiger partial charge in [-0.3, -0.25) is 14.9 Å². The first-order valence-electron chi connectivity index (χ1n) is 7.45. The molecular weight excluding hydrogens is 338 g/mol. The number of aliphatic carboxylic acids is 1. The molecule has 0 unspecified atom stereocenters. The summed E-state index contributed by atoms with van der Waals surface area (Å²) in [7, 11) is -4.27. The topological polar surface area (TPSA) is 144 Å². The minimum atomic E-state index is -4.27. The van der Waals surface area contributed by atoms with E-state index in [1.54, 1.807) is 4.90 Å². The van der Waals surface area contributed by atoms with Gasteiger partial charge in [-0.1, -0.05) is 12.5 Å².